The van der Waals surface area contributed by atoms with E-state index in [1.54, 1.807) is 0 Å². The minimum Gasteiger partial charge on any atom is -0.462 e. The van der Waals surface area contributed by atoms with Crippen molar-refractivity contribution in [3.63, 3.8) is 0 Å². The van der Waals surface area contributed by atoms with E-state index in [9.17, 15) is 43.2 Å². The standard InChI is InChI=1S/C86H168O17P2/c1-6-9-12-15-18-21-23-25-27-29-31-33-35-37-39-41-43-45-50-55-60-65-70-84(89)97-76-82(102-85(90)71-66-61-56-51-46-44-42-40-38-36-34-32-30-28-26-24-22-19-16-13-10-7-2)78-101-105(94,95)99-74-80(87)73-98-104(92,93)100-77-81(75-96-83(88)69-64-59-54-48-20-17-14-11-8-3)103-86(91)72-67-62-57-52-47-49-53-58-63-68-79(4)5/h79-82,87H,6-78H2,1-5H3,(H,92,93)(H,94,95)/t80-,81+,82+/m0/s1. The average Bonchev–Trinajstić information content (AvgIpc) is 0.931. The van der Waals surface area contributed by atoms with Crippen LogP contribution in [0.2, 0.25) is 0 Å². The lowest BCUT2D eigenvalue weighted by Gasteiger charge is -2.21. The molecule has 2 unspecified atom stereocenters. The van der Waals surface area contributed by atoms with Gasteiger partial charge in [0.1, 0.15) is 19.3 Å². The minimum absolute atomic E-state index is 0.106. The summed E-state index contributed by atoms with van der Waals surface area (Å²) >= 11 is 0. The molecule has 0 aliphatic heterocycles. The quantitative estimate of drug-likeness (QED) is 0.0222. The third kappa shape index (κ3) is 79.9. The fourth-order valence-corrected chi connectivity index (χ4v) is 15.1. The molecule has 0 saturated heterocycles. The van der Waals surface area contributed by atoms with Gasteiger partial charge in [0.2, 0.25) is 0 Å². The van der Waals surface area contributed by atoms with Gasteiger partial charge in [0.05, 0.1) is 26.4 Å². The molecule has 0 heterocycles. The second kappa shape index (κ2) is 78.7. The second-order valence-corrected chi connectivity index (χ2v) is 34.3. The van der Waals surface area contributed by atoms with Crippen molar-refractivity contribution in [3.8, 4) is 0 Å². The van der Waals surface area contributed by atoms with Gasteiger partial charge in [-0.15, -0.1) is 0 Å². The maximum absolute atomic E-state index is 13.1. The molecule has 0 aliphatic rings. The minimum atomic E-state index is -4.96. The number of ether oxygens (including phenoxy) is 4. The molecule has 0 saturated carbocycles. The van der Waals surface area contributed by atoms with Crippen LogP contribution < -0.4 is 0 Å². The SMILES string of the molecule is CCCCCCCCCCCCCCCCCCCCCCCCC(=O)OC[C@H](COP(=O)(O)OC[C@@H](O)COP(=O)(O)OC[C@@H](COC(=O)CCCCCCCCCCC)OC(=O)CCCCCCCCCCCC(C)C)OC(=O)CCCCCCCCCCCCCCCCCCCCCCCC. The van der Waals surface area contributed by atoms with Crippen molar-refractivity contribution in [3.05, 3.63) is 0 Å². The van der Waals surface area contributed by atoms with Crippen LogP contribution in [0.1, 0.15) is 465 Å². The zero-order chi connectivity index (χ0) is 76.9. The Bertz CT molecular complexity index is 2000. The van der Waals surface area contributed by atoms with Crippen LogP contribution in [0.25, 0.3) is 0 Å². The van der Waals surface area contributed by atoms with Gasteiger partial charge in [0.25, 0.3) is 0 Å². The number of aliphatic hydroxyl groups excluding tert-OH is 1. The summed E-state index contributed by atoms with van der Waals surface area (Å²) in [6.07, 6.45) is 72.6. The Hall–Kier alpha value is -1.94. The highest BCUT2D eigenvalue weighted by Crippen LogP contribution is 2.45. The van der Waals surface area contributed by atoms with Gasteiger partial charge in [-0.25, -0.2) is 9.13 Å². The van der Waals surface area contributed by atoms with Crippen LogP contribution in [0.15, 0.2) is 0 Å². The fourth-order valence-electron chi connectivity index (χ4n) is 13.5. The van der Waals surface area contributed by atoms with Gasteiger partial charge in [0, 0.05) is 25.7 Å². The number of esters is 4. The molecule has 0 aromatic rings. The van der Waals surface area contributed by atoms with Gasteiger partial charge < -0.3 is 33.8 Å². The van der Waals surface area contributed by atoms with Crippen LogP contribution >= 0.6 is 15.6 Å². The zero-order valence-corrected chi connectivity index (χ0v) is 70.7. The Morgan fingerprint density at radius 1 is 0.257 bits per heavy atom. The van der Waals surface area contributed by atoms with E-state index in [0.717, 1.165) is 95.8 Å². The molecule has 5 atom stereocenters. The first-order chi connectivity index (χ1) is 51.0. The first kappa shape index (κ1) is 103. The zero-order valence-electron chi connectivity index (χ0n) is 68.9. The Labute approximate surface area is 645 Å². The van der Waals surface area contributed by atoms with Crippen LogP contribution in [0, 0.1) is 5.92 Å². The number of unbranched alkanes of at least 4 members (excludes halogenated alkanes) is 58. The van der Waals surface area contributed by atoms with Crippen molar-refractivity contribution in [1.29, 1.82) is 0 Å². The Kier molecular flexibility index (Phi) is 77.3. The highest BCUT2D eigenvalue weighted by Gasteiger charge is 2.30. The highest BCUT2D eigenvalue weighted by atomic mass is 31.2. The molecule has 3 N–H and O–H groups in total. The maximum Gasteiger partial charge on any atom is 0.472 e. The van der Waals surface area contributed by atoms with E-state index in [-0.39, 0.29) is 25.7 Å². The van der Waals surface area contributed by atoms with Crippen molar-refractivity contribution in [2.24, 2.45) is 5.92 Å². The van der Waals surface area contributed by atoms with E-state index in [4.69, 9.17) is 37.0 Å². The molecule has 0 fully saturated rings. The van der Waals surface area contributed by atoms with E-state index in [0.29, 0.717) is 25.7 Å². The van der Waals surface area contributed by atoms with Crippen LogP contribution in [0.5, 0.6) is 0 Å². The summed E-state index contributed by atoms with van der Waals surface area (Å²) in [5.41, 5.74) is 0. The number of carbonyl (C=O) groups excluding carboxylic acids is 4. The van der Waals surface area contributed by atoms with Crippen molar-refractivity contribution < 1.29 is 80.2 Å². The van der Waals surface area contributed by atoms with Crippen LogP contribution in [0.3, 0.4) is 0 Å². The van der Waals surface area contributed by atoms with Crippen LogP contribution in [0.4, 0.5) is 0 Å². The molecule has 624 valence electrons. The molecule has 17 nitrogen and oxygen atoms in total. The molecule has 105 heavy (non-hydrogen) atoms. The Morgan fingerprint density at radius 3 is 0.648 bits per heavy atom. The summed E-state index contributed by atoms with van der Waals surface area (Å²) in [6, 6.07) is 0. The van der Waals surface area contributed by atoms with Crippen molar-refractivity contribution in [2.45, 2.75) is 483 Å². The van der Waals surface area contributed by atoms with E-state index < -0.39 is 97.5 Å². The third-order valence-electron chi connectivity index (χ3n) is 20.3. The van der Waals surface area contributed by atoms with Crippen LogP contribution in [-0.4, -0.2) is 96.7 Å². The van der Waals surface area contributed by atoms with Gasteiger partial charge >= 0.3 is 39.5 Å². The topological polar surface area (TPSA) is 237 Å². The number of phosphoric ester groups is 2. The monoisotopic (exact) mass is 1540 g/mol. The van der Waals surface area contributed by atoms with Crippen molar-refractivity contribution in [1.82, 2.24) is 0 Å². The molecule has 0 aliphatic carbocycles. The smallest absolute Gasteiger partial charge is 0.462 e. The van der Waals surface area contributed by atoms with Gasteiger partial charge in [-0.1, -0.05) is 413 Å². The maximum atomic E-state index is 13.1. The van der Waals surface area contributed by atoms with E-state index in [1.165, 1.54) is 289 Å². The lowest BCUT2D eigenvalue weighted by molar-refractivity contribution is -0.161. The summed E-state index contributed by atoms with van der Waals surface area (Å²) in [4.78, 5) is 73.1. The molecule has 0 radical (unpaired) electrons. The number of carbonyl (C=O) groups is 4. The molecule has 0 aromatic carbocycles. The average molecular weight is 1540 g/mol. The third-order valence-corrected chi connectivity index (χ3v) is 22.2. The normalized spacial score (nSPS) is 13.8. The fraction of sp³-hybridized carbons (Fsp3) is 0.953. The molecule has 0 bridgehead atoms. The summed E-state index contributed by atoms with van der Waals surface area (Å²) < 4.78 is 68.8. The second-order valence-electron chi connectivity index (χ2n) is 31.4. The van der Waals surface area contributed by atoms with Gasteiger partial charge in [-0.3, -0.25) is 37.3 Å². The summed E-state index contributed by atoms with van der Waals surface area (Å²) in [5.74, 6) is -1.37. The number of aliphatic hydroxyl groups is 1. The predicted octanol–water partition coefficient (Wildman–Crippen LogP) is 26.4. The lowest BCUT2D eigenvalue weighted by atomic mass is 10.0. The summed E-state index contributed by atoms with van der Waals surface area (Å²) in [6.45, 7) is 7.30. The lowest BCUT2D eigenvalue weighted by Crippen LogP contribution is -2.30. The Morgan fingerprint density at radius 2 is 0.438 bits per heavy atom. The van der Waals surface area contributed by atoms with E-state index in [2.05, 4.69) is 34.6 Å². The molecular weight excluding hydrogens is 1370 g/mol. The molecule has 0 aromatic heterocycles. The van der Waals surface area contributed by atoms with E-state index in [1.807, 2.05) is 0 Å². The first-order valence-corrected chi connectivity index (χ1v) is 47.6. The molecule has 0 amide bonds. The van der Waals surface area contributed by atoms with Gasteiger partial charge in [0.15, 0.2) is 12.2 Å². The first-order valence-electron chi connectivity index (χ1n) is 44.6. The number of hydrogen-bond acceptors (Lipinski definition) is 15. The molecule has 19 heteroatoms. The van der Waals surface area contributed by atoms with Crippen molar-refractivity contribution >= 4 is 39.5 Å². The van der Waals surface area contributed by atoms with Gasteiger partial charge in [-0.05, 0) is 31.6 Å². The van der Waals surface area contributed by atoms with Gasteiger partial charge in [-0.2, -0.15) is 0 Å². The summed E-state index contributed by atoms with van der Waals surface area (Å²) in [5, 5.41) is 10.7. The summed E-state index contributed by atoms with van der Waals surface area (Å²) in [7, 11) is -9.92. The number of rotatable bonds is 86. The van der Waals surface area contributed by atoms with Crippen molar-refractivity contribution in [2.75, 3.05) is 39.6 Å². The highest BCUT2D eigenvalue weighted by molar-refractivity contribution is 7.47. The molecule has 0 spiro atoms. The van der Waals surface area contributed by atoms with E-state index >= 15 is 0 Å². The Balaban J connectivity index is 5.16. The largest absolute Gasteiger partial charge is 0.472 e. The predicted molar refractivity (Wildman–Crippen MR) is 432 cm³/mol. The molecule has 0 rings (SSSR count). The number of phosphoric acid groups is 2. The van der Waals surface area contributed by atoms with Crippen LogP contribution in [-0.2, 0) is 65.4 Å². The molecular formula is C86H168O17P2. The number of hydrogen-bond donors (Lipinski definition) is 3.